The van der Waals surface area contributed by atoms with E-state index in [0.29, 0.717) is 0 Å². The minimum Gasteiger partial charge on any atom is -0.194 e. The van der Waals surface area contributed by atoms with Crippen LogP contribution in [0.25, 0.3) is 22.4 Å². The van der Waals surface area contributed by atoms with Crippen molar-refractivity contribution < 1.29 is 4.57 Å². The van der Waals surface area contributed by atoms with E-state index in [1.54, 1.807) is 0 Å². The number of hydrogen-bond acceptors (Lipinski definition) is 0. The Morgan fingerprint density at radius 1 is 0.636 bits per heavy atom. The Hall–Kier alpha value is -2.41. The highest BCUT2D eigenvalue weighted by Crippen LogP contribution is 2.25. The largest absolute Gasteiger partial charge is 0.213 e. The van der Waals surface area contributed by atoms with Gasteiger partial charge in [0.25, 0.3) is 0 Å². The van der Waals surface area contributed by atoms with E-state index in [-0.39, 0.29) is 5.54 Å². The molecule has 3 rings (SSSR count). The molecule has 1 heteroatoms. The predicted molar refractivity (Wildman–Crippen MR) is 92.5 cm³/mol. The molecule has 3 aromatic rings. The van der Waals surface area contributed by atoms with Crippen LogP contribution in [-0.4, -0.2) is 0 Å². The maximum absolute atomic E-state index is 2.34. The summed E-state index contributed by atoms with van der Waals surface area (Å²) >= 11 is 0. The van der Waals surface area contributed by atoms with Crippen molar-refractivity contribution in [1.82, 2.24) is 0 Å². The van der Waals surface area contributed by atoms with E-state index < -0.39 is 0 Å². The third-order valence-corrected chi connectivity index (χ3v) is 3.85. The average molecular weight is 288 g/mol. The molecule has 110 valence electrons. The number of pyridine rings is 1. The van der Waals surface area contributed by atoms with Gasteiger partial charge < -0.3 is 0 Å². The van der Waals surface area contributed by atoms with E-state index >= 15 is 0 Å². The number of benzene rings is 2. The lowest BCUT2D eigenvalue weighted by atomic mass is 10.00. The molecule has 0 atom stereocenters. The van der Waals surface area contributed by atoms with Gasteiger partial charge in [-0.3, -0.25) is 0 Å². The molecule has 1 aromatic heterocycles. The second kappa shape index (κ2) is 5.76. The molecule has 0 aliphatic carbocycles. The average Bonchev–Trinajstić information content (AvgIpc) is 2.55. The Balaban J connectivity index is 2.20. The highest BCUT2D eigenvalue weighted by atomic mass is 15.0. The van der Waals surface area contributed by atoms with Crippen molar-refractivity contribution in [2.24, 2.45) is 0 Å². The molecule has 0 N–H and O–H groups in total. The molecule has 1 nitrogen and oxygen atoms in total. The summed E-state index contributed by atoms with van der Waals surface area (Å²) in [6.45, 7) is 6.71. The maximum atomic E-state index is 2.34. The normalized spacial score (nSPS) is 11.4. The van der Waals surface area contributed by atoms with Gasteiger partial charge >= 0.3 is 0 Å². The second-order valence-corrected chi connectivity index (χ2v) is 6.57. The van der Waals surface area contributed by atoms with Gasteiger partial charge in [-0.15, -0.1) is 0 Å². The molecule has 1 heterocycles. The molecule has 0 bridgehead atoms. The Kier molecular flexibility index (Phi) is 3.81. The van der Waals surface area contributed by atoms with Crippen LogP contribution in [-0.2, 0) is 5.54 Å². The number of nitrogens with zero attached hydrogens (tertiary/aromatic N) is 1. The maximum Gasteiger partial charge on any atom is 0.213 e. The fraction of sp³-hybridized carbons (Fsp3) is 0.190. The lowest BCUT2D eigenvalue weighted by Crippen LogP contribution is -2.51. The Bertz CT molecular complexity index is 753. The summed E-state index contributed by atoms with van der Waals surface area (Å²) in [4.78, 5) is 0. The first kappa shape index (κ1) is 14.5. The quantitative estimate of drug-likeness (QED) is 0.580. The lowest BCUT2D eigenvalue weighted by molar-refractivity contribution is -0.744. The summed E-state index contributed by atoms with van der Waals surface area (Å²) in [6, 6.07) is 25.6. The van der Waals surface area contributed by atoms with Crippen molar-refractivity contribution in [3.63, 3.8) is 0 Å². The molecule has 0 aliphatic rings. The van der Waals surface area contributed by atoms with Gasteiger partial charge in [0.05, 0.1) is 0 Å². The van der Waals surface area contributed by atoms with Gasteiger partial charge in [-0.25, -0.2) is 0 Å². The summed E-state index contributed by atoms with van der Waals surface area (Å²) in [5.41, 5.74) is 5.03. The van der Waals surface area contributed by atoms with Crippen LogP contribution in [0.15, 0.2) is 79.0 Å². The standard InChI is InChI=1S/C21H22N/c1-21(2,3)22-15-14-19(17-10-6-4-7-11-17)16-20(22)18-12-8-5-9-13-18/h4-16H,1-3H3/q+1. The molecule has 0 unspecified atom stereocenters. The fourth-order valence-electron chi connectivity index (χ4n) is 2.73. The molecule has 0 spiro atoms. The number of aromatic nitrogens is 1. The molecule has 0 amide bonds. The smallest absolute Gasteiger partial charge is 0.194 e. The first-order valence-electron chi connectivity index (χ1n) is 7.73. The highest BCUT2D eigenvalue weighted by molar-refractivity contribution is 5.68. The zero-order valence-corrected chi connectivity index (χ0v) is 13.5. The van der Waals surface area contributed by atoms with Gasteiger partial charge in [0.15, 0.2) is 11.7 Å². The van der Waals surface area contributed by atoms with Gasteiger partial charge in [0.1, 0.15) is 0 Å². The zero-order valence-electron chi connectivity index (χ0n) is 13.5. The Labute approximate surface area is 132 Å². The van der Waals surface area contributed by atoms with Gasteiger partial charge in [-0.2, -0.15) is 4.57 Å². The first-order valence-corrected chi connectivity index (χ1v) is 7.73. The molecular formula is C21H22N+. The molecular weight excluding hydrogens is 266 g/mol. The van der Waals surface area contributed by atoms with Crippen LogP contribution in [0.5, 0.6) is 0 Å². The predicted octanol–water partition coefficient (Wildman–Crippen LogP) is 5.06. The van der Waals surface area contributed by atoms with E-state index in [9.17, 15) is 0 Å². The van der Waals surface area contributed by atoms with E-state index in [4.69, 9.17) is 0 Å². The molecule has 0 aliphatic heterocycles. The van der Waals surface area contributed by atoms with Crippen LogP contribution in [0.2, 0.25) is 0 Å². The second-order valence-electron chi connectivity index (χ2n) is 6.57. The van der Waals surface area contributed by atoms with Crippen LogP contribution in [0.1, 0.15) is 20.8 Å². The minimum atomic E-state index is 0.0421. The molecule has 0 saturated heterocycles. The van der Waals surface area contributed by atoms with E-state index in [0.717, 1.165) is 0 Å². The van der Waals surface area contributed by atoms with Crippen LogP contribution in [0, 0.1) is 0 Å². The Morgan fingerprint density at radius 2 is 1.18 bits per heavy atom. The SMILES string of the molecule is CC(C)(C)[n+]1ccc(-c2ccccc2)cc1-c1ccccc1. The van der Waals surface area contributed by atoms with Crippen molar-refractivity contribution in [3.05, 3.63) is 79.0 Å². The van der Waals surface area contributed by atoms with Crippen LogP contribution < -0.4 is 4.57 Å². The summed E-state index contributed by atoms with van der Waals surface area (Å²) in [6.07, 6.45) is 2.20. The third kappa shape index (κ3) is 2.94. The summed E-state index contributed by atoms with van der Waals surface area (Å²) < 4.78 is 2.34. The van der Waals surface area contributed by atoms with Gasteiger partial charge in [-0.05, 0) is 23.3 Å². The van der Waals surface area contributed by atoms with E-state index in [2.05, 4.69) is 104 Å². The van der Waals surface area contributed by atoms with Crippen molar-refractivity contribution in [2.75, 3.05) is 0 Å². The van der Waals surface area contributed by atoms with Crippen molar-refractivity contribution >= 4 is 0 Å². The number of rotatable bonds is 2. The minimum absolute atomic E-state index is 0.0421. The van der Waals surface area contributed by atoms with E-state index in [1.807, 2.05) is 0 Å². The monoisotopic (exact) mass is 288 g/mol. The topological polar surface area (TPSA) is 3.88 Å². The number of hydrogen-bond donors (Lipinski definition) is 0. The highest BCUT2D eigenvalue weighted by Gasteiger charge is 2.26. The molecule has 0 saturated carbocycles. The summed E-state index contributed by atoms with van der Waals surface area (Å²) in [5, 5.41) is 0. The van der Waals surface area contributed by atoms with Crippen molar-refractivity contribution in [1.29, 1.82) is 0 Å². The summed E-state index contributed by atoms with van der Waals surface area (Å²) in [7, 11) is 0. The molecule has 2 aromatic carbocycles. The van der Waals surface area contributed by atoms with Crippen LogP contribution >= 0.6 is 0 Å². The molecule has 0 fully saturated rings. The fourth-order valence-corrected chi connectivity index (χ4v) is 2.73. The van der Waals surface area contributed by atoms with Gasteiger partial charge in [-0.1, -0.05) is 48.5 Å². The molecule has 0 radical (unpaired) electrons. The van der Waals surface area contributed by atoms with Gasteiger partial charge in [0, 0.05) is 38.5 Å². The van der Waals surface area contributed by atoms with Gasteiger partial charge in [0.2, 0.25) is 5.69 Å². The third-order valence-electron chi connectivity index (χ3n) is 3.85. The zero-order chi connectivity index (χ0) is 15.6. The lowest BCUT2D eigenvalue weighted by Gasteiger charge is -2.17. The first-order chi connectivity index (χ1) is 10.6. The van der Waals surface area contributed by atoms with Crippen LogP contribution in [0.3, 0.4) is 0 Å². The molecule has 22 heavy (non-hydrogen) atoms. The summed E-state index contributed by atoms with van der Waals surface area (Å²) in [5.74, 6) is 0. The van der Waals surface area contributed by atoms with Crippen molar-refractivity contribution in [3.8, 4) is 22.4 Å². The van der Waals surface area contributed by atoms with E-state index in [1.165, 1.54) is 22.4 Å². The Morgan fingerprint density at radius 3 is 1.73 bits per heavy atom. The van der Waals surface area contributed by atoms with Crippen molar-refractivity contribution in [2.45, 2.75) is 26.3 Å². The van der Waals surface area contributed by atoms with Crippen LogP contribution in [0.4, 0.5) is 0 Å².